The van der Waals surface area contributed by atoms with Crippen molar-refractivity contribution in [1.29, 1.82) is 0 Å². The molecule has 0 aromatic heterocycles. The van der Waals surface area contributed by atoms with Crippen LogP contribution in [-0.4, -0.2) is 15.0 Å². The van der Waals surface area contributed by atoms with E-state index in [-0.39, 0.29) is 4.75 Å². The van der Waals surface area contributed by atoms with Gasteiger partial charge in [-0.2, -0.15) is 0 Å². The molecule has 0 bridgehead atoms. The Morgan fingerprint density at radius 3 is 2.33 bits per heavy atom. The van der Waals surface area contributed by atoms with Crippen LogP contribution in [0.15, 0.2) is 4.40 Å². The number of hydrogen-bond acceptors (Lipinski definition) is 2. The van der Waals surface area contributed by atoms with E-state index < -0.39 is 11.4 Å². The molecule has 3 heteroatoms. The monoisotopic (exact) mass is 187 g/mol. The van der Waals surface area contributed by atoms with Crippen LogP contribution in [0.2, 0.25) is 0 Å². The molecule has 0 aromatic carbocycles. The van der Waals surface area contributed by atoms with E-state index in [1.54, 1.807) is 0 Å². The van der Waals surface area contributed by atoms with Crippen molar-refractivity contribution in [2.24, 2.45) is 10.3 Å². The fourth-order valence-electron chi connectivity index (χ4n) is 0.941. The molecule has 0 amide bonds. The second kappa shape index (κ2) is 3.38. The smallest absolute Gasteiger partial charge is 0.144 e. The fraction of sp³-hybridized carbons (Fsp3) is 0.889. The summed E-state index contributed by atoms with van der Waals surface area (Å²) in [4.78, 5) is 0. The van der Waals surface area contributed by atoms with Gasteiger partial charge in [0.15, 0.2) is 0 Å². The van der Waals surface area contributed by atoms with Crippen LogP contribution in [0.25, 0.3) is 0 Å². The summed E-state index contributed by atoms with van der Waals surface area (Å²) in [6.45, 7) is 8.01. The summed E-state index contributed by atoms with van der Waals surface area (Å²) in [6, 6.07) is 0. The van der Waals surface area contributed by atoms with Crippen LogP contribution < -0.4 is 0 Å². The topological polar surface area (TPSA) is 35.4 Å². The van der Waals surface area contributed by atoms with Crippen molar-refractivity contribution < 1.29 is 4.55 Å². The van der Waals surface area contributed by atoms with E-state index in [4.69, 9.17) is 0 Å². The van der Waals surface area contributed by atoms with Crippen molar-refractivity contribution in [2.75, 3.05) is 0 Å². The maximum Gasteiger partial charge on any atom is 0.144 e. The van der Waals surface area contributed by atoms with Crippen molar-refractivity contribution >= 4 is 17.1 Å². The highest BCUT2D eigenvalue weighted by Gasteiger charge is 2.30. The minimum absolute atomic E-state index is 0.206. The van der Waals surface area contributed by atoms with Gasteiger partial charge in [-0.15, -0.1) is 0 Å². The van der Waals surface area contributed by atoms with Gasteiger partial charge in [0.05, 0.1) is 5.71 Å². The van der Waals surface area contributed by atoms with Crippen LogP contribution in [0, 0.1) is 5.92 Å². The molecule has 0 heterocycles. The van der Waals surface area contributed by atoms with Crippen molar-refractivity contribution in [3.05, 3.63) is 0 Å². The summed E-state index contributed by atoms with van der Waals surface area (Å²) < 4.78 is 15.6. The van der Waals surface area contributed by atoms with E-state index in [2.05, 4.69) is 11.3 Å². The van der Waals surface area contributed by atoms with Crippen LogP contribution in [0.3, 0.4) is 0 Å². The van der Waals surface area contributed by atoms with E-state index in [1.807, 2.05) is 20.8 Å². The van der Waals surface area contributed by atoms with E-state index >= 15 is 0 Å². The van der Waals surface area contributed by atoms with Gasteiger partial charge in [0.2, 0.25) is 0 Å². The largest absolute Gasteiger partial charge is 0.591 e. The lowest BCUT2D eigenvalue weighted by Gasteiger charge is -2.26. The third-order valence-corrected chi connectivity index (χ3v) is 3.57. The van der Waals surface area contributed by atoms with E-state index in [0.717, 1.165) is 12.1 Å². The van der Waals surface area contributed by atoms with Crippen LogP contribution >= 0.6 is 0 Å². The zero-order valence-electron chi connectivity index (χ0n) is 8.26. The average molecular weight is 187 g/mol. The van der Waals surface area contributed by atoms with Crippen molar-refractivity contribution in [1.82, 2.24) is 0 Å². The van der Waals surface area contributed by atoms with E-state index in [0.29, 0.717) is 5.92 Å². The van der Waals surface area contributed by atoms with Gasteiger partial charge in [0.1, 0.15) is 16.1 Å². The highest BCUT2D eigenvalue weighted by atomic mass is 32.2. The molecule has 70 valence electrons. The summed E-state index contributed by atoms with van der Waals surface area (Å²) in [5.74, 6) is 0.566. The van der Waals surface area contributed by atoms with Gasteiger partial charge >= 0.3 is 0 Å². The van der Waals surface area contributed by atoms with Gasteiger partial charge < -0.3 is 4.55 Å². The quantitative estimate of drug-likeness (QED) is 0.580. The molecule has 0 aromatic rings. The molecule has 1 aliphatic carbocycles. The Labute approximate surface area is 77.8 Å². The van der Waals surface area contributed by atoms with Gasteiger partial charge in [-0.3, -0.25) is 0 Å². The normalized spacial score (nSPS) is 30.1. The summed E-state index contributed by atoms with van der Waals surface area (Å²) in [6.07, 6.45) is 2.25. The number of nitrogens with zero attached hydrogens (tertiary/aromatic N) is 1. The molecule has 0 saturated heterocycles. The Balaban J connectivity index is 2.55. The lowest BCUT2D eigenvalue weighted by atomic mass is 9.85. The maximum absolute atomic E-state index is 11.5. The Morgan fingerprint density at radius 2 is 2.08 bits per heavy atom. The Bertz CT molecular complexity index is 195. The van der Waals surface area contributed by atoms with Gasteiger partial charge in [0.25, 0.3) is 0 Å². The molecule has 2 nitrogen and oxygen atoms in total. The lowest BCUT2D eigenvalue weighted by Crippen LogP contribution is -2.31. The summed E-state index contributed by atoms with van der Waals surface area (Å²) in [7, 11) is 0. The third-order valence-electron chi connectivity index (χ3n) is 2.13. The SMILES string of the molecule is C[C@H]1CCC1=N[S@@+]([O-])C(C)(C)C. The highest BCUT2D eigenvalue weighted by Crippen LogP contribution is 2.26. The first-order chi connectivity index (χ1) is 5.41. The van der Waals surface area contributed by atoms with Crippen LogP contribution in [0.1, 0.15) is 40.5 Å². The Kier molecular flexibility index (Phi) is 2.84. The number of hydrogen-bond donors (Lipinski definition) is 0. The van der Waals surface area contributed by atoms with Gasteiger partial charge in [0, 0.05) is 0 Å². The molecule has 0 unspecified atom stereocenters. The first-order valence-electron chi connectivity index (χ1n) is 4.40. The predicted octanol–water partition coefficient (Wildman–Crippen LogP) is 2.32. The second-order valence-corrected chi connectivity index (χ2v) is 6.29. The molecule has 1 rings (SSSR count). The zero-order chi connectivity index (χ0) is 9.35. The fourth-order valence-corrected chi connectivity index (χ4v) is 1.70. The molecular formula is C9H17NOS. The standard InChI is InChI=1S/C9H17NOS/c1-7-5-6-8(7)10-12(11)9(2,3)4/h7H,5-6H2,1-4H3/t7-,12-/m0/s1. The molecule has 12 heavy (non-hydrogen) atoms. The molecule has 0 radical (unpaired) electrons. The van der Waals surface area contributed by atoms with Gasteiger partial charge in [-0.1, -0.05) is 11.3 Å². The van der Waals surface area contributed by atoms with Crippen molar-refractivity contribution in [3.8, 4) is 0 Å². The Morgan fingerprint density at radius 1 is 1.50 bits per heavy atom. The minimum Gasteiger partial charge on any atom is -0.591 e. The van der Waals surface area contributed by atoms with Crippen molar-refractivity contribution in [3.63, 3.8) is 0 Å². The highest BCUT2D eigenvalue weighted by molar-refractivity contribution is 7.91. The number of rotatable bonds is 1. The van der Waals surface area contributed by atoms with Gasteiger partial charge in [-0.05, 0) is 39.5 Å². The van der Waals surface area contributed by atoms with Crippen LogP contribution in [-0.2, 0) is 11.4 Å². The molecule has 2 atom stereocenters. The van der Waals surface area contributed by atoms with Crippen LogP contribution in [0.5, 0.6) is 0 Å². The summed E-state index contributed by atoms with van der Waals surface area (Å²) in [5, 5.41) is 0. The third kappa shape index (κ3) is 2.23. The maximum atomic E-state index is 11.5. The van der Waals surface area contributed by atoms with Gasteiger partial charge in [-0.25, -0.2) is 0 Å². The minimum atomic E-state index is -1.05. The lowest BCUT2D eigenvalue weighted by molar-refractivity contribution is 0.556. The van der Waals surface area contributed by atoms with Crippen LogP contribution in [0.4, 0.5) is 0 Å². The molecule has 1 saturated carbocycles. The second-order valence-electron chi connectivity index (χ2n) is 4.38. The molecular weight excluding hydrogens is 170 g/mol. The Hall–Kier alpha value is -0.0200. The zero-order valence-corrected chi connectivity index (χ0v) is 9.07. The summed E-state index contributed by atoms with van der Waals surface area (Å²) >= 11 is -1.05. The first-order valence-corrected chi connectivity index (χ1v) is 5.51. The first kappa shape index (κ1) is 10.1. The molecule has 1 fully saturated rings. The molecule has 0 spiro atoms. The predicted molar refractivity (Wildman–Crippen MR) is 53.7 cm³/mol. The van der Waals surface area contributed by atoms with Crippen molar-refractivity contribution in [2.45, 2.75) is 45.3 Å². The van der Waals surface area contributed by atoms with E-state index in [1.165, 1.54) is 6.42 Å². The summed E-state index contributed by atoms with van der Waals surface area (Å²) in [5.41, 5.74) is 1.14. The molecule has 0 N–H and O–H groups in total. The molecule has 1 aliphatic rings. The van der Waals surface area contributed by atoms with E-state index in [9.17, 15) is 4.55 Å². The average Bonchev–Trinajstić information content (AvgIpc) is 1.95. The molecule has 0 aliphatic heterocycles.